The minimum Gasteiger partial charge on any atom is -0.383 e. The van der Waals surface area contributed by atoms with Crippen molar-refractivity contribution in [1.29, 1.82) is 0 Å². The van der Waals surface area contributed by atoms with Crippen LogP contribution in [0.2, 0.25) is 0 Å². The Morgan fingerprint density at radius 3 is 2.50 bits per heavy atom. The molecule has 7 nitrogen and oxygen atoms in total. The molecule has 0 bridgehead atoms. The van der Waals surface area contributed by atoms with Crippen LogP contribution in [0.3, 0.4) is 0 Å². The number of amides is 1. The van der Waals surface area contributed by atoms with Crippen molar-refractivity contribution in [2.75, 3.05) is 5.73 Å². The van der Waals surface area contributed by atoms with Crippen molar-refractivity contribution in [2.45, 2.75) is 34.1 Å². The summed E-state index contributed by atoms with van der Waals surface area (Å²) in [6.45, 7) is 8.04. The normalized spacial score (nSPS) is 11.4. The Morgan fingerprint density at radius 2 is 1.85 bits per heavy atom. The fraction of sp³-hybridized carbons (Fsp3) is 0.185. The Hall–Kier alpha value is -4.26. The first-order chi connectivity index (χ1) is 16.7. The van der Waals surface area contributed by atoms with Crippen molar-refractivity contribution in [3.05, 3.63) is 84.3 Å². The monoisotopic (exact) mass is 454 g/mol. The Morgan fingerprint density at radius 1 is 1.09 bits per heavy atom. The maximum absolute atomic E-state index is 10.8. The van der Waals surface area contributed by atoms with Crippen LogP contribution in [-0.2, 0) is 11.2 Å². The number of nitrogens with one attached hydrogen (secondary N) is 1. The summed E-state index contributed by atoms with van der Waals surface area (Å²) in [5.74, 6) is 1.07. The molecule has 0 atom stereocenters. The lowest BCUT2D eigenvalue weighted by molar-refractivity contribution is -0.108. The zero-order valence-electron chi connectivity index (χ0n) is 20.0. The number of pyridine rings is 2. The van der Waals surface area contributed by atoms with Crippen molar-refractivity contribution in [3.63, 3.8) is 0 Å². The van der Waals surface area contributed by atoms with Gasteiger partial charge in [0.05, 0.1) is 11.3 Å². The lowest BCUT2D eigenvalue weighted by Gasteiger charge is -2.11. The van der Waals surface area contributed by atoms with Gasteiger partial charge in [0, 0.05) is 23.7 Å². The maximum Gasteiger partial charge on any atom is 0.211 e. The average molecular weight is 455 g/mol. The number of carbonyl (C=O) groups is 1. The smallest absolute Gasteiger partial charge is 0.211 e. The summed E-state index contributed by atoms with van der Waals surface area (Å²) in [6, 6.07) is 15.9. The molecule has 0 spiro atoms. The van der Waals surface area contributed by atoms with Crippen LogP contribution < -0.4 is 11.1 Å². The lowest BCUT2D eigenvalue weighted by atomic mass is 10.1. The van der Waals surface area contributed by atoms with Crippen LogP contribution in [0.4, 0.5) is 5.82 Å². The molecule has 1 amide bonds. The van der Waals surface area contributed by atoms with E-state index < -0.39 is 0 Å². The van der Waals surface area contributed by atoms with Gasteiger partial charge in [-0.25, -0.2) is 15.0 Å². The predicted octanol–water partition coefficient (Wildman–Crippen LogP) is 5.32. The first-order valence-corrected chi connectivity index (χ1v) is 11.4. The topological polar surface area (TPSA) is 98.7 Å². The summed E-state index contributed by atoms with van der Waals surface area (Å²) < 4.78 is 1.99. The Labute approximate surface area is 200 Å². The van der Waals surface area contributed by atoms with Gasteiger partial charge in [-0.15, -0.1) is 0 Å². The van der Waals surface area contributed by atoms with Gasteiger partial charge >= 0.3 is 0 Å². The molecule has 4 rings (SSSR count). The van der Waals surface area contributed by atoms with E-state index in [-0.39, 0.29) is 0 Å². The largest absolute Gasteiger partial charge is 0.383 e. The van der Waals surface area contributed by atoms with Gasteiger partial charge in [0.15, 0.2) is 11.5 Å². The Bertz CT molecular complexity index is 1320. The molecular formula is C27H30N6O. The number of nitrogens with two attached hydrogens (primary N) is 1. The molecule has 4 aromatic rings. The van der Waals surface area contributed by atoms with E-state index in [1.54, 1.807) is 12.4 Å². The second-order valence-corrected chi connectivity index (χ2v) is 7.15. The van der Waals surface area contributed by atoms with Gasteiger partial charge in [0.25, 0.3) is 0 Å². The molecule has 0 radical (unpaired) electrons. The Kier molecular flexibility index (Phi) is 8.29. The van der Waals surface area contributed by atoms with Gasteiger partial charge in [-0.1, -0.05) is 45.1 Å². The molecule has 3 heterocycles. The fourth-order valence-corrected chi connectivity index (χ4v) is 3.54. The molecule has 7 heteroatoms. The van der Waals surface area contributed by atoms with Crippen LogP contribution in [0.1, 0.15) is 39.0 Å². The molecule has 174 valence electrons. The summed E-state index contributed by atoms with van der Waals surface area (Å²) in [5.41, 5.74) is 12.0. The number of carbonyl (C=O) groups excluding carboxylic acids is 1. The van der Waals surface area contributed by atoms with Crippen LogP contribution in [-0.4, -0.2) is 25.9 Å². The highest BCUT2D eigenvalue weighted by Gasteiger charge is 2.18. The zero-order chi connectivity index (χ0) is 24.5. The van der Waals surface area contributed by atoms with E-state index in [9.17, 15) is 4.79 Å². The van der Waals surface area contributed by atoms with Gasteiger partial charge in [-0.3, -0.25) is 9.36 Å². The first-order valence-electron chi connectivity index (χ1n) is 11.4. The number of aryl methyl sites for hydroxylation is 1. The average Bonchev–Trinajstić information content (AvgIpc) is 3.26. The van der Waals surface area contributed by atoms with Crippen LogP contribution in [0, 0.1) is 0 Å². The number of hydrogen-bond acceptors (Lipinski definition) is 5. The SMILES string of the molecule is C/C=C\C(=C/NC=O)c1ccc2nc(-c3cccnc3N)n(-c3ccc(CC)cc3)c2n1.CC. The highest BCUT2D eigenvalue weighted by atomic mass is 16.1. The number of fused-ring (bicyclic) bond motifs is 1. The molecule has 0 aliphatic heterocycles. The molecule has 0 aliphatic rings. The number of aromatic nitrogens is 4. The highest BCUT2D eigenvalue weighted by molar-refractivity contribution is 5.85. The molecule has 0 saturated carbocycles. The van der Waals surface area contributed by atoms with Crippen LogP contribution in [0.15, 0.2) is 73.1 Å². The molecule has 0 aliphatic carbocycles. The van der Waals surface area contributed by atoms with Crippen molar-refractivity contribution in [1.82, 2.24) is 24.8 Å². The molecule has 34 heavy (non-hydrogen) atoms. The summed E-state index contributed by atoms with van der Waals surface area (Å²) in [7, 11) is 0. The molecule has 0 fully saturated rings. The molecule has 3 aromatic heterocycles. The van der Waals surface area contributed by atoms with Crippen LogP contribution in [0.5, 0.6) is 0 Å². The minimum absolute atomic E-state index is 0.402. The van der Waals surface area contributed by atoms with Gasteiger partial charge < -0.3 is 11.1 Å². The van der Waals surface area contributed by atoms with Gasteiger partial charge in [0.1, 0.15) is 11.3 Å². The van der Waals surface area contributed by atoms with E-state index in [1.165, 1.54) is 5.56 Å². The lowest BCUT2D eigenvalue weighted by Crippen LogP contribution is -2.04. The Balaban J connectivity index is 0.00000158. The third-order valence-electron chi connectivity index (χ3n) is 5.14. The number of hydrogen-bond donors (Lipinski definition) is 2. The number of rotatable bonds is 7. The van der Waals surface area contributed by atoms with E-state index in [0.29, 0.717) is 29.4 Å². The van der Waals surface area contributed by atoms with Crippen molar-refractivity contribution >= 4 is 29.0 Å². The molecule has 0 saturated heterocycles. The van der Waals surface area contributed by atoms with Crippen LogP contribution >= 0.6 is 0 Å². The number of allylic oxidation sites excluding steroid dienone is 3. The number of imidazole rings is 1. The number of nitrogens with zero attached hydrogens (tertiary/aromatic N) is 4. The van der Waals surface area contributed by atoms with E-state index in [0.717, 1.165) is 28.8 Å². The summed E-state index contributed by atoms with van der Waals surface area (Å²) in [6.07, 6.45) is 8.65. The molecule has 1 aromatic carbocycles. The molecular weight excluding hydrogens is 424 g/mol. The number of nitrogen functional groups attached to an aromatic ring is 1. The van der Waals surface area contributed by atoms with E-state index in [4.69, 9.17) is 15.7 Å². The third-order valence-corrected chi connectivity index (χ3v) is 5.14. The zero-order valence-corrected chi connectivity index (χ0v) is 20.0. The molecule has 3 N–H and O–H groups in total. The number of anilines is 1. The maximum atomic E-state index is 10.8. The van der Waals surface area contributed by atoms with E-state index in [2.05, 4.69) is 41.5 Å². The van der Waals surface area contributed by atoms with Crippen molar-refractivity contribution < 1.29 is 4.79 Å². The quantitative estimate of drug-likeness (QED) is 0.291. The standard InChI is InChI=1S/C25H24N6O.C2H6/c1-3-6-18(15-27-16-32)21-12-13-22-25(29-21)31(19-10-8-17(4-2)9-11-19)24(30-22)20-7-5-14-28-23(20)26;1-2/h3,5-16H,4H2,1-2H3,(H2,26,28)(H,27,32);1-2H3/b6-3-,18-15+;. The second-order valence-electron chi connectivity index (χ2n) is 7.15. The van der Waals surface area contributed by atoms with Gasteiger partial charge in [-0.2, -0.15) is 0 Å². The summed E-state index contributed by atoms with van der Waals surface area (Å²) in [4.78, 5) is 24.8. The first kappa shape index (κ1) is 24.4. The molecule has 0 unspecified atom stereocenters. The predicted molar refractivity (Wildman–Crippen MR) is 139 cm³/mol. The third kappa shape index (κ3) is 5.04. The van der Waals surface area contributed by atoms with Crippen molar-refractivity contribution in [3.8, 4) is 17.1 Å². The van der Waals surface area contributed by atoms with E-state index >= 15 is 0 Å². The van der Waals surface area contributed by atoms with Gasteiger partial charge in [0.2, 0.25) is 6.41 Å². The summed E-state index contributed by atoms with van der Waals surface area (Å²) >= 11 is 0. The van der Waals surface area contributed by atoms with E-state index in [1.807, 2.05) is 61.8 Å². The second kappa shape index (κ2) is 11.6. The number of benzene rings is 1. The van der Waals surface area contributed by atoms with Gasteiger partial charge in [-0.05, 0) is 55.3 Å². The minimum atomic E-state index is 0.402. The van der Waals surface area contributed by atoms with Crippen LogP contribution in [0.25, 0.3) is 33.8 Å². The highest BCUT2D eigenvalue weighted by Crippen LogP contribution is 2.31. The fourth-order valence-electron chi connectivity index (χ4n) is 3.54. The summed E-state index contributed by atoms with van der Waals surface area (Å²) in [5, 5.41) is 2.60. The van der Waals surface area contributed by atoms with Crippen molar-refractivity contribution in [2.24, 2.45) is 0 Å².